The second kappa shape index (κ2) is 8.44. The number of fused-ring (bicyclic) bond motifs is 3. The summed E-state index contributed by atoms with van der Waals surface area (Å²) in [5.74, 6) is -2.72. The molecule has 2 bridgehead atoms. The highest BCUT2D eigenvalue weighted by Gasteiger charge is 2.60. The van der Waals surface area contributed by atoms with Gasteiger partial charge in [0.2, 0.25) is 0 Å². The average Bonchev–Trinajstić information content (AvgIpc) is 2.84. The first-order chi connectivity index (χ1) is 16.8. The number of primary amides is 1. The van der Waals surface area contributed by atoms with Crippen molar-refractivity contribution in [2.24, 2.45) is 11.1 Å². The molecule has 1 aromatic heterocycles. The van der Waals surface area contributed by atoms with Crippen molar-refractivity contribution >= 4 is 17.6 Å². The normalized spacial score (nSPS) is 25.0. The summed E-state index contributed by atoms with van der Waals surface area (Å²) in [5.41, 5.74) is 5.67. The van der Waals surface area contributed by atoms with Gasteiger partial charge in [0, 0.05) is 16.7 Å². The van der Waals surface area contributed by atoms with Crippen molar-refractivity contribution < 1.29 is 27.9 Å². The van der Waals surface area contributed by atoms with Crippen LogP contribution >= 0.6 is 0 Å². The lowest BCUT2D eigenvalue weighted by Gasteiger charge is -2.50. The van der Waals surface area contributed by atoms with Gasteiger partial charge in [-0.15, -0.1) is 0 Å². The molecule has 5 rings (SSSR count). The van der Waals surface area contributed by atoms with E-state index in [-0.39, 0.29) is 28.2 Å². The Labute approximate surface area is 204 Å². The number of nitrogens with two attached hydrogens (primary N) is 2. The minimum absolute atomic E-state index is 0.0241. The first-order valence-electron chi connectivity index (χ1n) is 11.3. The summed E-state index contributed by atoms with van der Waals surface area (Å²) in [6.45, 7) is 1.58. The SMILES string of the molecule is Cc1ccc(C(O)(C(N)=O)C(F)(F)F)cc1-c1cnc(N)c(C(=O)NC23CCC(C#N)(CC2)CC3)n1. The topological polar surface area (TPSA) is 168 Å². The molecule has 9 nitrogen and oxygen atoms in total. The van der Waals surface area contributed by atoms with Gasteiger partial charge in [-0.05, 0) is 57.1 Å². The number of anilines is 1. The Morgan fingerprint density at radius 1 is 1.17 bits per heavy atom. The number of carbonyl (C=O) groups is 2. The molecule has 0 spiro atoms. The molecule has 3 aliphatic rings. The summed E-state index contributed by atoms with van der Waals surface area (Å²) in [7, 11) is 0. The Hall–Kier alpha value is -3.72. The predicted molar refractivity (Wildman–Crippen MR) is 122 cm³/mol. The van der Waals surface area contributed by atoms with Crippen LogP contribution in [-0.2, 0) is 10.4 Å². The predicted octanol–water partition coefficient (Wildman–Crippen LogP) is 2.62. The van der Waals surface area contributed by atoms with Gasteiger partial charge in [0.15, 0.2) is 11.5 Å². The van der Waals surface area contributed by atoms with Crippen molar-refractivity contribution in [2.75, 3.05) is 5.73 Å². The van der Waals surface area contributed by atoms with Crippen LogP contribution in [-0.4, -0.2) is 38.6 Å². The highest BCUT2D eigenvalue weighted by molar-refractivity contribution is 5.97. The van der Waals surface area contributed by atoms with Gasteiger partial charge in [-0.25, -0.2) is 9.97 Å². The van der Waals surface area contributed by atoms with E-state index in [0.717, 1.165) is 12.1 Å². The van der Waals surface area contributed by atoms with Crippen LogP contribution in [0.3, 0.4) is 0 Å². The molecule has 2 aromatic rings. The van der Waals surface area contributed by atoms with E-state index in [4.69, 9.17) is 11.5 Å². The summed E-state index contributed by atoms with van der Waals surface area (Å²) < 4.78 is 40.7. The van der Waals surface area contributed by atoms with E-state index in [1.54, 1.807) is 6.92 Å². The smallest absolute Gasteiger partial charge is 0.382 e. The van der Waals surface area contributed by atoms with Gasteiger partial charge in [0.05, 0.1) is 23.4 Å². The zero-order valence-corrected chi connectivity index (χ0v) is 19.4. The van der Waals surface area contributed by atoms with Gasteiger partial charge in [-0.2, -0.15) is 18.4 Å². The lowest BCUT2D eigenvalue weighted by Crippen LogP contribution is -2.56. The molecular weight excluding hydrogens is 477 g/mol. The molecule has 190 valence electrons. The van der Waals surface area contributed by atoms with Crippen molar-refractivity contribution in [1.82, 2.24) is 15.3 Å². The molecule has 36 heavy (non-hydrogen) atoms. The Bertz CT molecular complexity index is 1260. The van der Waals surface area contributed by atoms with Gasteiger partial charge in [0.1, 0.15) is 0 Å². The average molecular weight is 502 g/mol. The second-order valence-electron chi connectivity index (χ2n) is 9.72. The molecule has 3 saturated carbocycles. The van der Waals surface area contributed by atoms with E-state index < -0.39 is 34.7 Å². The second-order valence-corrected chi connectivity index (χ2v) is 9.72. The number of nitriles is 1. The van der Waals surface area contributed by atoms with Crippen molar-refractivity contribution in [3.63, 3.8) is 0 Å². The number of nitrogen functional groups attached to an aromatic ring is 1. The zero-order valence-electron chi connectivity index (χ0n) is 19.4. The third-order valence-electron chi connectivity index (χ3n) is 7.58. The van der Waals surface area contributed by atoms with E-state index in [0.29, 0.717) is 44.1 Å². The first-order valence-corrected chi connectivity index (χ1v) is 11.3. The molecule has 2 amide bonds. The molecule has 3 fully saturated rings. The van der Waals surface area contributed by atoms with Crippen molar-refractivity contribution in [1.29, 1.82) is 5.26 Å². The number of carbonyl (C=O) groups excluding carboxylic acids is 2. The summed E-state index contributed by atoms with van der Waals surface area (Å²) in [5, 5.41) is 22.7. The number of nitrogens with zero attached hydrogens (tertiary/aromatic N) is 3. The van der Waals surface area contributed by atoms with E-state index in [1.165, 1.54) is 12.3 Å². The van der Waals surface area contributed by atoms with Crippen molar-refractivity contribution in [3.8, 4) is 17.3 Å². The molecule has 1 unspecified atom stereocenters. The van der Waals surface area contributed by atoms with Crippen LogP contribution in [0.25, 0.3) is 11.3 Å². The summed E-state index contributed by atoms with van der Waals surface area (Å²) in [4.78, 5) is 33.1. The summed E-state index contributed by atoms with van der Waals surface area (Å²) >= 11 is 0. The van der Waals surface area contributed by atoms with E-state index >= 15 is 0 Å². The number of aliphatic hydroxyl groups is 1. The Balaban J connectivity index is 1.68. The van der Waals surface area contributed by atoms with Crippen LogP contribution in [0.4, 0.5) is 19.0 Å². The largest absolute Gasteiger partial charge is 0.430 e. The number of amides is 2. The van der Waals surface area contributed by atoms with Crippen LogP contribution in [0.1, 0.15) is 60.1 Å². The van der Waals surface area contributed by atoms with E-state index in [9.17, 15) is 33.1 Å². The number of hydrogen-bond acceptors (Lipinski definition) is 7. The van der Waals surface area contributed by atoms with Crippen LogP contribution in [0, 0.1) is 23.7 Å². The van der Waals surface area contributed by atoms with Gasteiger partial charge in [-0.3, -0.25) is 9.59 Å². The minimum atomic E-state index is -5.37. The maximum absolute atomic E-state index is 13.6. The van der Waals surface area contributed by atoms with Gasteiger partial charge in [0.25, 0.3) is 17.4 Å². The van der Waals surface area contributed by atoms with E-state index in [1.807, 2.05) is 0 Å². The number of halogens is 3. The zero-order chi connectivity index (χ0) is 26.5. The number of hydrogen-bond donors (Lipinski definition) is 4. The van der Waals surface area contributed by atoms with Crippen molar-refractivity contribution in [2.45, 2.75) is 62.8 Å². The number of aromatic nitrogens is 2. The number of alkyl halides is 3. The highest BCUT2D eigenvalue weighted by Crippen LogP contribution is 2.52. The fourth-order valence-electron chi connectivity index (χ4n) is 5.10. The monoisotopic (exact) mass is 502 g/mol. The third-order valence-corrected chi connectivity index (χ3v) is 7.58. The number of nitrogens with one attached hydrogen (secondary N) is 1. The fraction of sp³-hybridized carbons (Fsp3) is 0.458. The van der Waals surface area contributed by atoms with Crippen LogP contribution < -0.4 is 16.8 Å². The van der Waals surface area contributed by atoms with Gasteiger partial charge in [-0.1, -0.05) is 12.1 Å². The van der Waals surface area contributed by atoms with E-state index in [2.05, 4.69) is 21.4 Å². The molecular formula is C24H25F3N6O3. The highest BCUT2D eigenvalue weighted by atomic mass is 19.4. The standard InChI is InChI=1S/C24H25F3N6O3/c1-13-2-3-14(23(36,20(30)35)24(25,26)27)10-15(13)16-11-31-18(29)17(32-16)19(34)33-22-7-4-21(12-28,5-8-22)6-9-22/h2-3,10-11,36H,4-9H2,1H3,(H2,29,31)(H2,30,35)(H,33,34). The van der Waals surface area contributed by atoms with Crippen LogP contribution in [0.5, 0.6) is 0 Å². The summed E-state index contributed by atoms with van der Waals surface area (Å²) in [6.07, 6.45) is -0.213. The molecule has 0 radical (unpaired) electrons. The van der Waals surface area contributed by atoms with Gasteiger partial charge < -0.3 is 21.9 Å². The molecule has 0 aliphatic heterocycles. The lowest BCUT2D eigenvalue weighted by atomic mass is 9.58. The quantitative estimate of drug-likeness (QED) is 0.487. The summed E-state index contributed by atoms with van der Waals surface area (Å²) in [6, 6.07) is 5.57. The number of aryl methyl sites for hydroxylation is 1. The molecule has 1 atom stereocenters. The van der Waals surface area contributed by atoms with Crippen LogP contribution in [0.15, 0.2) is 24.4 Å². The van der Waals surface area contributed by atoms with Crippen molar-refractivity contribution in [3.05, 3.63) is 41.2 Å². The maximum Gasteiger partial charge on any atom is 0.430 e. The number of rotatable bonds is 5. The maximum atomic E-state index is 13.6. The molecule has 1 heterocycles. The fourth-order valence-corrected chi connectivity index (χ4v) is 5.10. The molecule has 1 aromatic carbocycles. The van der Waals surface area contributed by atoms with Crippen LogP contribution in [0.2, 0.25) is 0 Å². The molecule has 12 heteroatoms. The lowest BCUT2D eigenvalue weighted by molar-refractivity contribution is -0.255. The number of benzene rings is 1. The minimum Gasteiger partial charge on any atom is -0.382 e. The van der Waals surface area contributed by atoms with Gasteiger partial charge >= 0.3 is 6.18 Å². The molecule has 6 N–H and O–H groups in total. The third kappa shape index (κ3) is 4.03. The molecule has 3 aliphatic carbocycles. The first kappa shape index (κ1) is 25.4. The molecule has 0 saturated heterocycles. The Morgan fingerprint density at radius 3 is 2.31 bits per heavy atom. The Kier molecular flexibility index (Phi) is 5.95. The Morgan fingerprint density at radius 2 is 1.78 bits per heavy atom.